The number of ether oxygens (including phenoxy) is 9. The van der Waals surface area contributed by atoms with E-state index in [4.69, 9.17) is 77.0 Å². The summed E-state index contributed by atoms with van der Waals surface area (Å²) in [7, 11) is 4.73. The summed E-state index contributed by atoms with van der Waals surface area (Å²) in [5.74, 6) is 1.28. The van der Waals surface area contributed by atoms with Crippen LogP contribution in [-0.4, -0.2) is 293 Å². The number of aliphatic hydroxyl groups is 6. The van der Waals surface area contributed by atoms with E-state index in [1.807, 2.05) is 34.0 Å². The van der Waals surface area contributed by atoms with E-state index in [9.17, 15) is 54.9 Å². The quantitative estimate of drug-likeness (QED) is 0.0157. The van der Waals surface area contributed by atoms with E-state index in [0.29, 0.717) is 95.8 Å². The number of hydrogen-bond donors (Lipinski definition) is 15. The molecule has 16 heterocycles. The number of rotatable bonds is 25. The van der Waals surface area contributed by atoms with Gasteiger partial charge in [0.25, 0.3) is 0 Å². The molecule has 7 aliphatic heterocycles. The van der Waals surface area contributed by atoms with Crippen LogP contribution in [0.4, 0.5) is 34.9 Å². The number of anilines is 6. The third-order valence-electron chi connectivity index (χ3n) is 22.3. The number of carboxylic acid groups (broad SMARTS) is 1. The maximum absolute atomic E-state index is 12.5. The number of nitrogens with zero attached hydrogens (tertiary/aromatic N) is 18. The number of methoxy groups -OCH3 is 3. The van der Waals surface area contributed by atoms with Crippen LogP contribution < -0.4 is 72.5 Å². The van der Waals surface area contributed by atoms with Gasteiger partial charge in [-0.2, -0.15) is 15.0 Å². The Hall–Kier alpha value is -9.81. The lowest BCUT2D eigenvalue weighted by Gasteiger charge is -2.17. The maximum atomic E-state index is 12.5. The highest BCUT2D eigenvalue weighted by Gasteiger charge is 2.50. The molecule has 47 nitrogen and oxygen atoms in total. The number of aliphatic hydroxyl groups excluding tert-OH is 6. The molecule has 9 aromatic heterocycles. The Bertz CT molecular complexity index is 5180. The standard InChI is InChI=1S/C23H33N9O6.C15H22N6O5S.C12H16N6O3.C12H19N3O3.C11H17N3O3.3C3H8/c1-3-12-13(36-2)6-15(37-12)31-8-11(19(24)30-23(31)35)4-5-26-7-14-17(33)18(34)22(38-14)32-10-29-16-20(25)27-9-28-21(16)32;1-27(3-2-7(16)15(24)25)4-8-10(22)11(23)14(26-8)21-6-20-9-12(17)18-5-19-13(9)21;13-10-7-11(15-4-14-10)18(5-16-7)12-9(20)8(19)6(21-12)3-17-1-2-17;1-4-8-9(17-3)5-10(18-8)15-6-7(2)11(13)14-12(15)16;1-3-7-8(16-2)6-10(17-7)14-5-4-9(12)13-11(14)15;3*1-3-2/h8-10,12-15,17-18,22,26,33-34H,3-7H2,1-2H3,(H2,24,30,35)(H2,25,27,28);5-8,10-11,14,22-23H,2-4,16H2,1H3,(H2-,17,18,19,24,25);4-6,8-9,12,19-20H,1-3H2,(H2,13,14,15);6,8-10H,4-5H2,1-3H3,(H2,13,14,16);4-5,7-8,10H,3,6H2,1-2H3,(H2,12,13,15);3*3H2,1-2H3/p+2/t12-,13+,14-,15-,17?,18+,22-;7-,8+,10?,11-,14+,27?;6-,8?,9+,12-;8-,9+,10-;7-,8+,10-;;;/m10111.../s1. The van der Waals surface area contributed by atoms with Crippen LogP contribution in [0.3, 0.4) is 0 Å². The van der Waals surface area contributed by atoms with Gasteiger partial charge in [-0.1, -0.05) is 81.6 Å². The van der Waals surface area contributed by atoms with Crippen molar-refractivity contribution in [1.82, 2.24) is 92.5 Å². The van der Waals surface area contributed by atoms with Gasteiger partial charge in [0.15, 0.2) is 53.1 Å². The summed E-state index contributed by atoms with van der Waals surface area (Å²) in [6, 6.07) is 0.821. The highest BCUT2D eigenvalue weighted by Crippen LogP contribution is 2.38. The van der Waals surface area contributed by atoms with Gasteiger partial charge in [-0.05, 0) is 56.1 Å². The highest BCUT2D eigenvalue weighted by molar-refractivity contribution is 7.96. The summed E-state index contributed by atoms with van der Waals surface area (Å²) >= 11 is 0. The van der Waals surface area contributed by atoms with Gasteiger partial charge in [-0.25, -0.2) is 59.2 Å². The van der Waals surface area contributed by atoms with Gasteiger partial charge in [-0.3, -0.25) is 27.4 Å². The molecule has 9 aromatic rings. The smallest absolute Gasteiger partial charge is 0.351 e. The molecule has 0 radical (unpaired) electrons. The van der Waals surface area contributed by atoms with E-state index >= 15 is 0 Å². The fourth-order valence-corrected chi connectivity index (χ4v) is 16.9. The highest BCUT2D eigenvalue weighted by atomic mass is 32.2. The maximum Gasteiger partial charge on any atom is 0.351 e. The van der Waals surface area contributed by atoms with Crippen LogP contribution in [0.2, 0.25) is 0 Å². The van der Waals surface area contributed by atoms with E-state index in [0.717, 1.165) is 37.9 Å². The minimum Gasteiger partial charge on any atom is -0.544 e. The van der Waals surface area contributed by atoms with Crippen LogP contribution >= 0.6 is 0 Å². The number of carbonyl (C=O) groups excluding carboxylic acids is 1. The Morgan fingerprint density at radius 1 is 0.523 bits per heavy atom. The molecule has 23 N–H and O–H groups in total. The lowest BCUT2D eigenvalue weighted by atomic mass is 10.1. The number of nitrogen functional groups attached to an aromatic ring is 6. The van der Waals surface area contributed by atoms with Gasteiger partial charge in [0, 0.05) is 83.3 Å². The number of fused-ring (bicyclic) bond motifs is 3. The monoisotopic (exact) mass is 1850 g/mol. The third-order valence-corrected chi connectivity index (χ3v) is 24.1. The van der Waals surface area contributed by atoms with E-state index in [1.165, 1.54) is 85.0 Å². The van der Waals surface area contributed by atoms with Crippen molar-refractivity contribution in [2.75, 3.05) is 106 Å². The molecule has 48 heteroatoms. The molecule has 0 aromatic carbocycles. The van der Waals surface area contributed by atoms with Crippen molar-refractivity contribution in [2.45, 2.75) is 275 Å². The Balaban J connectivity index is 0.000000184. The predicted octanol–water partition coefficient (Wildman–Crippen LogP) is -2.70. The molecule has 720 valence electrons. The fourth-order valence-electron chi connectivity index (χ4n) is 15.2. The number of aryl methyl sites for hydroxylation is 1. The summed E-state index contributed by atoms with van der Waals surface area (Å²) in [5.41, 5.74) is 40.7. The average Bonchev–Trinajstić information content (AvgIpc) is 1.62. The molecule has 7 saturated heterocycles. The second kappa shape index (κ2) is 49.1. The van der Waals surface area contributed by atoms with Crippen LogP contribution in [0.5, 0.6) is 0 Å². The zero-order chi connectivity index (χ0) is 95.1. The van der Waals surface area contributed by atoms with Gasteiger partial charge in [-0.15, -0.1) is 0 Å². The summed E-state index contributed by atoms with van der Waals surface area (Å²) in [6.45, 7) is 24.2. The first-order valence-electron chi connectivity index (χ1n) is 43.9. The Labute approximate surface area is 754 Å². The molecule has 7 fully saturated rings. The number of aromatic nitrogens is 18. The van der Waals surface area contributed by atoms with E-state index in [2.05, 4.69) is 112 Å². The third kappa shape index (κ3) is 25.7. The molecule has 0 aliphatic carbocycles. The van der Waals surface area contributed by atoms with Crippen LogP contribution in [0.15, 0.2) is 77.0 Å². The number of hydrogen-bond acceptors (Lipinski definition) is 39. The van der Waals surface area contributed by atoms with Gasteiger partial charge in [0.2, 0.25) is 0 Å². The topological polar surface area (TPSA) is 680 Å². The first-order chi connectivity index (χ1) is 62.2. The Kier molecular flexibility index (Phi) is 39.2. The second-order valence-electron chi connectivity index (χ2n) is 32.4. The first kappa shape index (κ1) is 104. The number of quaternary nitrogens is 2. The van der Waals surface area contributed by atoms with Crippen molar-refractivity contribution in [3.05, 3.63) is 105 Å². The molecular formula is C82H133N27O20S+2. The lowest BCUT2D eigenvalue weighted by Crippen LogP contribution is -2.94. The minimum absolute atomic E-state index is 0.0183. The largest absolute Gasteiger partial charge is 0.544 e. The molecule has 4 unspecified atom stereocenters. The Morgan fingerprint density at radius 2 is 0.908 bits per heavy atom. The Morgan fingerprint density at radius 3 is 1.31 bits per heavy atom. The van der Waals surface area contributed by atoms with Crippen molar-refractivity contribution in [3.8, 4) is 0 Å². The van der Waals surface area contributed by atoms with Crippen molar-refractivity contribution in [2.24, 2.45) is 0 Å². The molecule has 0 saturated carbocycles. The fraction of sp³-hybridized carbons (Fsp3) is 0.659. The molecule has 0 amide bonds. The lowest BCUT2D eigenvalue weighted by molar-refractivity contribution is -0.764. The van der Waals surface area contributed by atoms with E-state index < -0.39 is 91.4 Å². The zero-order valence-electron chi connectivity index (χ0n) is 76.2. The number of nitrogens with two attached hydrogens (primary N) is 6. The van der Waals surface area contributed by atoms with Crippen molar-refractivity contribution in [3.63, 3.8) is 0 Å². The van der Waals surface area contributed by atoms with Crippen molar-refractivity contribution in [1.29, 1.82) is 0 Å². The molecular weight excluding hydrogens is 1720 g/mol. The number of carbonyl (C=O) groups is 1. The SMILES string of the molecule is CCC.CCC.CCC.CC[C@H]1O[C@@H](n2cc(C)c(N)nc2=O)C[C@@H]1OC.CC[C@H]1O[C@@H](n2cc(CCNC[C@H]3O[C@@H](n4cnc5c(N)ncnc54)[C@@H](O)C3O)c(N)nc2=O)C[C@@H]1OC.CC[C@H]1O[C@@H](n2ccc(N)nc2=O)C[C@@H]1OC.C[S+](CC[C@H]([NH3+])C(=O)[O-])C[C@H]1O[C@@H](n2cnc3c(N)ncnc32)[C@@H](O)C1O.Nc1ncnc2c1ncn2[C@@H]1O[C@H](C[NH+]2CC2)C(O)[C@@H]1O. The minimum atomic E-state index is -1.20. The van der Waals surface area contributed by atoms with Crippen LogP contribution in [-0.2, 0) is 64.7 Å². The van der Waals surface area contributed by atoms with Gasteiger partial charge in [0.1, 0.15) is 164 Å². The van der Waals surface area contributed by atoms with Crippen LogP contribution in [0.25, 0.3) is 33.5 Å². The first-order valence-corrected chi connectivity index (χ1v) is 45.8. The van der Waals surface area contributed by atoms with Crippen molar-refractivity contribution >= 4 is 85.3 Å². The molecule has 23 atom stereocenters. The zero-order valence-corrected chi connectivity index (χ0v) is 77.0. The molecule has 130 heavy (non-hydrogen) atoms. The van der Waals surface area contributed by atoms with Gasteiger partial charge in [0.05, 0.1) is 67.8 Å². The second-order valence-corrected chi connectivity index (χ2v) is 34.7. The van der Waals surface area contributed by atoms with Gasteiger partial charge < -0.3 is 134 Å². The summed E-state index contributed by atoms with van der Waals surface area (Å²) < 4.78 is 60.6. The molecule has 16 rings (SSSR count). The molecule has 7 aliphatic rings. The molecule has 0 bridgehead atoms. The van der Waals surface area contributed by atoms with Crippen LogP contribution in [0, 0.1) is 6.92 Å². The number of aliphatic carboxylic acids is 1. The number of carboxylic acids is 1. The van der Waals surface area contributed by atoms with Crippen molar-refractivity contribution < 1.29 is 93.8 Å². The van der Waals surface area contributed by atoms with E-state index in [-0.39, 0.29) is 119 Å². The predicted molar refractivity (Wildman–Crippen MR) is 479 cm³/mol. The summed E-state index contributed by atoms with van der Waals surface area (Å²) in [6.07, 6.45) is 12.3. The summed E-state index contributed by atoms with van der Waals surface area (Å²) in [4.78, 5) is 96.2. The van der Waals surface area contributed by atoms with Crippen LogP contribution in [0.1, 0.15) is 175 Å². The summed E-state index contributed by atoms with van der Waals surface area (Å²) in [5, 5.41) is 76.4. The van der Waals surface area contributed by atoms with E-state index in [1.54, 1.807) is 50.6 Å². The number of nitrogens with one attached hydrogen (secondary N) is 2. The average molecular weight is 1850 g/mol. The number of imidazole rings is 3. The molecule has 0 spiro atoms. The van der Waals surface area contributed by atoms with Gasteiger partial charge >= 0.3 is 17.1 Å². The normalized spacial score (nSPS) is 27.6.